The van der Waals surface area contributed by atoms with Crippen molar-refractivity contribution >= 4 is 28.2 Å². The number of benzene rings is 2. The van der Waals surface area contributed by atoms with E-state index in [4.69, 9.17) is 11.5 Å². The van der Waals surface area contributed by atoms with Crippen molar-refractivity contribution in [1.82, 2.24) is 0 Å². The highest BCUT2D eigenvalue weighted by Gasteiger charge is 2.04. The van der Waals surface area contributed by atoms with Gasteiger partial charge in [-0.15, -0.1) is 0 Å². The lowest BCUT2D eigenvalue weighted by molar-refractivity contribution is 1.47. The van der Waals surface area contributed by atoms with Gasteiger partial charge in [0.05, 0.1) is 11.4 Å². The van der Waals surface area contributed by atoms with E-state index < -0.39 is 0 Å². The van der Waals surface area contributed by atoms with Gasteiger partial charge in [0, 0.05) is 0 Å². The molecule has 0 fully saturated rings. The average Bonchev–Trinajstić information content (AvgIpc) is 2.25. The molecule has 0 aliphatic carbocycles. The van der Waals surface area contributed by atoms with Crippen molar-refractivity contribution in [3.05, 3.63) is 41.5 Å². The lowest BCUT2D eigenvalue weighted by Crippen LogP contribution is -1.95. The Kier molecular flexibility index (Phi) is 2.57. The van der Waals surface area contributed by atoms with E-state index in [9.17, 15) is 0 Å². The molecule has 0 aromatic heterocycles. The Morgan fingerprint density at radius 2 is 1.75 bits per heavy atom. The predicted octanol–water partition coefficient (Wildman–Crippen LogP) is 3.35. The van der Waals surface area contributed by atoms with Crippen molar-refractivity contribution in [2.45, 2.75) is 13.8 Å². The third kappa shape index (κ3) is 1.63. The van der Waals surface area contributed by atoms with E-state index in [-0.39, 0.29) is 0 Å². The van der Waals surface area contributed by atoms with Gasteiger partial charge in [-0.3, -0.25) is 0 Å². The molecule has 2 rings (SSSR count). The van der Waals surface area contributed by atoms with Crippen LogP contribution in [-0.2, 0) is 0 Å². The number of nitrogen functional groups attached to an aromatic ring is 2. The highest BCUT2D eigenvalue weighted by Crippen LogP contribution is 2.29. The van der Waals surface area contributed by atoms with E-state index in [1.807, 2.05) is 25.1 Å². The van der Waals surface area contributed by atoms with E-state index in [2.05, 4.69) is 25.1 Å². The Morgan fingerprint density at radius 3 is 2.44 bits per heavy atom. The summed E-state index contributed by atoms with van der Waals surface area (Å²) in [6.45, 7) is 4.11. The molecule has 16 heavy (non-hydrogen) atoms. The number of rotatable bonds is 1. The molecule has 0 heterocycles. The largest absolute Gasteiger partial charge is 0.397 e. The predicted molar refractivity (Wildman–Crippen MR) is 72.2 cm³/mol. The van der Waals surface area contributed by atoms with Crippen LogP contribution in [0.15, 0.2) is 30.3 Å². The summed E-state index contributed by atoms with van der Waals surface area (Å²) in [6.07, 6.45) is 4.14. The van der Waals surface area contributed by atoms with Crippen molar-refractivity contribution in [2.24, 2.45) is 0 Å². The minimum Gasteiger partial charge on any atom is -0.397 e. The van der Waals surface area contributed by atoms with Gasteiger partial charge in [-0.1, -0.05) is 24.3 Å². The second-order valence-corrected chi connectivity index (χ2v) is 4.00. The molecule has 0 atom stereocenters. The van der Waals surface area contributed by atoms with Crippen LogP contribution >= 0.6 is 0 Å². The third-order valence-electron chi connectivity index (χ3n) is 2.82. The zero-order valence-electron chi connectivity index (χ0n) is 9.62. The fourth-order valence-corrected chi connectivity index (χ4v) is 1.93. The lowest BCUT2D eigenvalue weighted by atomic mass is 9.98. The summed E-state index contributed by atoms with van der Waals surface area (Å²) in [5, 5.41) is 2.29. The first-order valence-corrected chi connectivity index (χ1v) is 5.34. The number of aryl methyl sites for hydroxylation is 1. The second kappa shape index (κ2) is 3.89. The lowest BCUT2D eigenvalue weighted by Gasteiger charge is -2.09. The molecule has 2 aromatic carbocycles. The van der Waals surface area contributed by atoms with Crippen molar-refractivity contribution in [3.63, 3.8) is 0 Å². The van der Waals surface area contributed by atoms with E-state index in [0.717, 1.165) is 10.8 Å². The number of hydrogen-bond acceptors (Lipinski definition) is 2. The standard InChI is InChI=1S/C14H16N2/c1-3-4-11-9(2)5-6-10-7-13(15)14(16)8-12(10)11/h3-8H,15-16H2,1-2H3/b4-3-. The topological polar surface area (TPSA) is 52.0 Å². The van der Waals surface area contributed by atoms with E-state index in [1.54, 1.807) is 0 Å². The van der Waals surface area contributed by atoms with Crippen LogP contribution in [-0.4, -0.2) is 0 Å². The van der Waals surface area contributed by atoms with Gasteiger partial charge in [0.15, 0.2) is 0 Å². The Hall–Kier alpha value is -1.96. The SMILES string of the molecule is C/C=C\c1c(C)ccc2cc(N)c(N)cc12. The quantitative estimate of drug-likeness (QED) is 0.712. The molecule has 0 spiro atoms. The summed E-state index contributed by atoms with van der Waals surface area (Å²) in [5.41, 5.74) is 15.4. The number of nitrogens with two attached hydrogens (primary N) is 2. The molecule has 2 aromatic rings. The molecule has 0 unspecified atom stereocenters. The van der Waals surface area contributed by atoms with Crippen LogP contribution in [0, 0.1) is 6.92 Å². The van der Waals surface area contributed by atoms with Gasteiger partial charge in [-0.25, -0.2) is 0 Å². The van der Waals surface area contributed by atoms with Gasteiger partial charge >= 0.3 is 0 Å². The maximum absolute atomic E-state index is 5.85. The van der Waals surface area contributed by atoms with Gasteiger partial charge in [-0.05, 0) is 47.9 Å². The fraction of sp³-hybridized carbons (Fsp3) is 0.143. The van der Waals surface area contributed by atoms with Gasteiger partial charge in [0.25, 0.3) is 0 Å². The molecule has 2 heteroatoms. The van der Waals surface area contributed by atoms with Crippen molar-refractivity contribution in [3.8, 4) is 0 Å². The number of anilines is 2. The molecular weight excluding hydrogens is 196 g/mol. The Labute approximate surface area is 95.6 Å². The molecule has 0 aliphatic heterocycles. The van der Waals surface area contributed by atoms with Gasteiger partial charge < -0.3 is 11.5 Å². The molecule has 0 saturated carbocycles. The zero-order valence-corrected chi connectivity index (χ0v) is 9.62. The molecule has 0 bridgehead atoms. The Bertz CT molecular complexity index is 568. The third-order valence-corrected chi connectivity index (χ3v) is 2.82. The summed E-state index contributed by atoms with van der Waals surface area (Å²) in [4.78, 5) is 0. The number of allylic oxidation sites excluding steroid dienone is 1. The zero-order chi connectivity index (χ0) is 11.7. The highest BCUT2D eigenvalue weighted by molar-refractivity contribution is 5.97. The van der Waals surface area contributed by atoms with E-state index in [1.165, 1.54) is 11.1 Å². The minimum absolute atomic E-state index is 0.641. The van der Waals surface area contributed by atoms with Crippen LogP contribution in [0.5, 0.6) is 0 Å². The van der Waals surface area contributed by atoms with Crippen molar-refractivity contribution < 1.29 is 0 Å². The van der Waals surface area contributed by atoms with Crippen LogP contribution in [0.2, 0.25) is 0 Å². The Morgan fingerprint density at radius 1 is 1.06 bits per heavy atom. The molecule has 82 valence electrons. The van der Waals surface area contributed by atoms with Gasteiger partial charge in [0.1, 0.15) is 0 Å². The number of fused-ring (bicyclic) bond motifs is 1. The monoisotopic (exact) mass is 212 g/mol. The summed E-state index contributed by atoms with van der Waals surface area (Å²) in [7, 11) is 0. The van der Waals surface area contributed by atoms with E-state index >= 15 is 0 Å². The van der Waals surface area contributed by atoms with Gasteiger partial charge in [-0.2, -0.15) is 0 Å². The van der Waals surface area contributed by atoms with Crippen LogP contribution < -0.4 is 11.5 Å². The summed E-state index contributed by atoms with van der Waals surface area (Å²) >= 11 is 0. The molecule has 0 amide bonds. The normalized spacial score (nSPS) is 11.4. The van der Waals surface area contributed by atoms with Crippen LogP contribution in [0.3, 0.4) is 0 Å². The molecular formula is C14H16N2. The maximum Gasteiger partial charge on any atom is 0.0554 e. The average molecular weight is 212 g/mol. The maximum atomic E-state index is 5.85. The summed E-state index contributed by atoms with van der Waals surface area (Å²) in [6, 6.07) is 8.06. The van der Waals surface area contributed by atoms with Crippen molar-refractivity contribution in [2.75, 3.05) is 11.5 Å². The molecule has 0 radical (unpaired) electrons. The first kappa shape index (κ1) is 10.6. The molecule has 0 saturated heterocycles. The fourth-order valence-electron chi connectivity index (χ4n) is 1.93. The first-order valence-electron chi connectivity index (χ1n) is 5.34. The molecule has 0 aliphatic rings. The number of hydrogen-bond donors (Lipinski definition) is 2. The first-order chi connectivity index (χ1) is 7.63. The van der Waals surface area contributed by atoms with Crippen LogP contribution in [0.25, 0.3) is 16.8 Å². The Balaban J connectivity index is 2.86. The molecule has 2 nitrogen and oxygen atoms in total. The van der Waals surface area contributed by atoms with Crippen LogP contribution in [0.4, 0.5) is 11.4 Å². The molecule has 4 N–H and O–H groups in total. The highest BCUT2D eigenvalue weighted by atomic mass is 14.7. The van der Waals surface area contributed by atoms with Crippen LogP contribution in [0.1, 0.15) is 18.1 Å². The summed E-state index contributed by atoms with van der Waals surface area (Å²) in [5.74, 6) is 0. The minimum atomic E-state index is 0.641. The smallest absolute Gasteiger partial charge is 0.0554 e. The van der Waals surface area contributed by atoms with Gasteiger partial charge in [0.2, 0.25) is 0 Å². The van der Waals surface area contributed by atoms with Crippen molar-refractivity contribution in [1.29, 1.82) is 0 Å². The summed E-state index contributed by atoms with van der Waals surface area (Å²) < 4.78 is 0. The second-order valence-electron chi connectivity index (χ2n) is 4.00. The van der Waals surface area contributed by atoms with E-state index in [0.29, 0.717) is 11.4 Å².